The van der Waals surface area contributed by atoms with Crippen LogP contribution in [0.15, 0.2) is 30.3 Å². The van der Waals surface area contributed by atoms with Gasteiger partial charge in [-0.3, -0.25) is 0 Å². The molecule has 2 N–H and O–H groups in total. The van der Waals surface area contributed by atoms with Crippen LogP contribution in [0.5, 0.6) is 0 Å². The Kier molecular flexibility index (Phi) is 3.93. The molecular weight excluding hydrogens is 162 g/mol. The zero-order valence-corrected chi connectivity index (χ0v) is 8.23. The van der Waals surface area contributed by atoms with E-state index in [1.807, 2.05) is 6.07 Å². The molecule has 2 atom stereocenters. The van der Waals surface area contributed by atoms with E-state index < -0.39 is 0 Å². The van der Waals surface area contributed by atoms with Gasteiger partial charge in [0.25, 0.3) is 0 Å². The Balaban J connectivity index is 2.62. The van der Waals surface area contributed by atoms with Crippen molar-refractivity contribution >= 4 is 0 Å². The number of rotatable bonds is 4. The second kappa shape index (κ2) is 5.00. The van der Waals surface area contributed by atoms with E-state index in [0.29, 0.717) is 18.4 Å². The molecule has 0 saturated carbocycles. The summed E-state index contributed by atoms with van der Waals surface area (Å²) in [6.45, 7) is 4.94. The standard InChI is InChI=1S/C11H17NO/c1-9(8-13-12)10(2)11-6-4-3-5-7-11/h3-7,9-10H,8,12H2,1-2H3. The highest BCUT2D eigenvalue weighted by atomic mass is 16.6. The first-order valence-electron chi connectivity index (χ1n) is 4.62. The molecule has 0 aliphatic rings. The maximum absolute atomic E-state index is 5.05. The van der Waals surface area contributed by atoms with Crippen molar-refractivity contribution in [2.45, 2.75) is 19.8 Å². The molecule has 0 heterocycles. The summed E-state index contributed by atoms with van der Waals surface area (Å²) in [5.41, 5.74) is 1.34. The van der Waals surface area contributed by atoms with Gasteiger partial charge in [0.15, 0.2) is 0 Å². The maximum Gasteiger partial charge on any atom is 0.0710 e. The predicted molar refractivity (Wildman–Crippen MR) is 54.2 cm³/mol. The van der Waals surface area contributed by atoms with Crippen LogP contribution in [-0.2, 0) is 4.84 Å². The molecule has 2 unspecified atom stereocenters. The Morgan fingerprint density at radius 3 is 2.38 bits per heavy atom. The zero-order valence-electron chi connectivity index (χ0n) is 8.23. The fraction of sp³-hybridized carbons (Fsp3) is 0.455. The SMILES string of the molecule is CC(CON)C(C)c1ccccc1. The molecule has 2 nitrogen and oxygen atoms in total. The summed E-state index contributed by atoms with van der Waals surface area (Å²) < 4.78 is 0. The van der Waals surface area contributed by atoms with Crippen LogP contribution in [0.1, 0.15) is 25.3 Å². The Labute approximate surface area is 79.7 Å². The number of benzene rings is 1. The summed E-state index contributed by atoms with van der Waals surface area (Å²) in [5, 5.41) is 0. The van der Waals surface area contributed by atoms with Gasteiger partial charge in [-0.15, -0.1) is 0 Å². The third kappa shape index (κ3) is 2.83. The fourth-order valence-electron chi connectivity index (χ4n) is 1.38. The van der Waals surface area contributed by atoms with E-state index in [2.05, 4.69) is 43.0 Å². The molecule has 0 radical (unpaired) electrons. The van der Waals surface area contributed by atoms with E-state index in [-0.39, 0.29) is 0 Å². The van der Waals surface area contributed by atoms with E-state index >= 15 is 0 Å². The minimum Gasteiger partial charge on any atom is -0.304 e. The second-order valence-corrected chi connectivity index (χ2v) is 3.51. The lowest BCUT2D eigenvalue weighted by atomic mass is 9.90. The molecule has 2 heteroatoms. The van der Waals surface area contributed by atoms with Crippen molar-refractivity contribution in [2.75, 3.05) is 6.61 Å². The van der Waals surface area contributed by atoms with Gasteiger partial charge in [-0.2, -0.15) is 0 Å². The summed E-state index contributed by atoms with van der Waals surface area (Å²) >= 11 is 0. The molecule has 0 spiro atoms. The third-order valence-electron chi connectivity index (χ3n) is 2.54. The molecule has 1 rings (SSSR count). The van der Waals surface area contributed by atoms with Crippen LogP contribution in [0.2, 0.25) is 0 Å². The van der Waals surface area contributed by atoms with Crippen molar-refractivity contribution in [1.82, 2.24) is 0 Å². The van der Waals surface area contributed by atoms with E-state index in [4.69, 9.17) is 5.90 Å². The number of nitrogens with two attached hydrogens (primary N) is 1. The quantitative estimate of drug-likeness (QED) is 0.720. The van der Waals surface area contributed by atoms with Gasteiger partial charge in [0.1, 0.15) is 0 Å². The van der Waals surface area contributed by atoms with E-state index in [1.54, 1.807) is 0 Å². The van der Waals surface area contributed by atoms with Gasteiger partial charge in [0.2, 0.25) is 0 Å². The predicted octanol–water partition coefficient (Wildman–Crippen LogP) is 2.32. The van der Waals surface area contributed by atoms with E-state index in [1.165, 1.54) is 5.56 Å². The Morgan fingerprint density at radius 1 is 1.23 bits per heavy atom. The maximum atomic E-state index is 5.05. The van der Waals surface area contributed by atoms with Crippen LogP contribution in [0.4, 0.5) is 0 Å². The normalized spacial score (nSPS) is 15.3. The minimum atomic E-state index is 0.451. The summed E-state index contributed by atoms with van der Waals surface area (Å²) in [6, 6.07) is 10.4. The van der Waals surface area contributed by atoms with Gasteiger partial charge in [0, 0.05) is 0 Å². The monoisotopic (exact) mass is 179 g/mol. The van der Waals surface area contributed by atoms with Gasteiger partial charge in [0.05, 0.1) is 6.61 Å². The molecule has 0 saturated heterocycles. The first-order valence-corrected chi connectivity index (χ1v) is 4.62. The Hall–Kier alpha value is -0.860. The molecule has 0 aromatic heterocycles. The summed E-state index contributed by atoms with van der Waals surface area (Å²) in [7, 11) is 0. The molecular formula is C11H17NO. The molecule has 0 fully saturated rings. The molecule has 0 bridgehead atoms. The van der Waals surface area contributed by atoms with Crippen molar-refractivity contribution in [2.24, 2.45) is 11.8 Å². The average Bonchev–Trinajstić information content (AvgIpc) is 2.18. The van der Waals surface area contributed by atoms with Crippen molar-refractivity contribution in [3.8, 4) is 0 Å². The van der Waals surface area contributed by atoms with Crippen LogP contribution >= 0.6 is 0 Å². The van der Waals surface area contributed by atoms with E-state index in [0.717, 1.165) is 0 Å². The minimum absolute atomic E-state index is 0.451. The van der Waals surface area contributed by atoms with Gasteiger partial charge < -0.3 is 4.84 Å². The van der Waals surface area contributed by atoms with Gasteiger partial charge in [-0.1, -0.05) is 44.2 Å². The van der Waals surface area contributed by atoms with Crippen molar-refractivity contribution < 1.29 is 4.84 Å². The lowest BCUT2D eigenvalue weighted by Crippen LogP contribution is -2.15. The number of hydrogen-bond donors (Lipinski definition) is 1. The fourth-order valence-corrected chi connectivity index (χ4v) is 1.38. The van der Waals surface area contributed by atoms with Crippen LogP contribution < -0.4 is 5.90 Å². The van der Waals surface area contributed by atoms with Crippen molar-refractivity contribution in [1.29, 1.82) is 0 Å². The van der Waals surface area contributed by atoms with Gasteiger partial charge in [-0.25, -0.2) is 5.90 Å². The van der Waals surface area contributed by atoms with Crippen LogP contribution in [0.3, 0.4) is 0 Å². The molecule has 0 amide bonds. The van der Waals surface area contributed by atoms with Crippen LogP contribution in [0, 0.1) is 5.92 Å². The van der Waals surface area contributed by atoms with Crippen LogP contribution in [-0.4, -0.2) is 6.61 Å². The lowest BCUT2D eigenvalue weighted by molar-refractivity contribution is 0.0993. The van der Waals surface area contributed by atoms with Gasteiger partial charge in [-0.05, 0) is 17.4 Å². The summed E-state index contributed by atoms with van der Waals surface area (Å²) in [4.78, 5) is 4.65. The number of hydrogen-bond acceptors (Lipinski definition) is 2. The zero-order chi connectivity index (χ0) is 9.68. The largest absolute Gasteiger partial charge is 0.304 e. The Morgan fingerprint density at radius 2 is 1.85 bits per heavy atom. The highest BCUT2D eigenvalue weighted by Gasteiger charge is 2.13. The van der Waals surface area contributed by atoms with Crippen molar-refractivity contribution in [3.05, 3.63) is 35.9 Å². The highest BCUT2D eigenvalue weighted by Crippen LogP contribution is 2.23. The van der Waals surface area contributed by atoms with E-state index in [9.17, 15) is 0 Å². The topological polar surface area (TPSA) is 35.2 Å². The molecule has 0 aliphatic heterocycles. The first-order chi connectivity index (χ1) is 6.25. The third-order valence-corrected chi connectivity index (χ3v) is 2.54. The van der Waals surface area contributed by atoms with Crippen LogP contribution in [0.25, 0.3) is 0 Å². The average molecular weight is 179 g/mol. The molecule has 1 aromatic rings. The molecule has 72 valence electrons. The Bertz CT molecular complexity index is 235. The molecule has 1 aromatic carbocycles. The highest BCUT2D eigenvalue weighted by molar-refractivity contribution is 5.19. The van der Waals surface area contributed by atoms with Crippen molar-refractivity contribution in [3.63, 3.8) is 0 Å². The lowest BCUT2D eigenvalue weighted by Gasteiger charge is -2.18. The summed E-state index contributed by atoms with van der Waals surface area (Å²) in [6.07, 6.45) is 0. The molecule has 13 heavy (non-hydrogen) atoms. The second-order valence-electron chi connectivity index (χ2n) is 3.51. The summed E-state index contributed by atoms with van der Waals surface area (Å²) in [5.74, 6) is 5.99. The smallest absolute Gasteiger partial charge is 0.0710 e. The van der Waals surface area contributed by atoms with Gasteiger partial charge >= 0.3 is 0 Å². The first kappa shape index (κ1) is 10.2. The molecule has 0 aliphatic carbocycles.